The molecular formula is C13H17NO3. The molecule has 1 atom stereocenters. The zero-order valence-corrected chi connectivity index (χ0v) is 10.3. The van der Waals surface area contributed by atoms with E-state index >= 15 is 0 Å². The predicted molar refractivity (Wildman–Crippen MR) is 65.9 cm³/mol. The second-order valence-corrected chi connectivity index (χ2v) is 5.33. The normalized spacial score (nSPS) is 14.1. The van der Waals surface area contributed by atoms with Crippen LogP contribution in [0.15, 0.2) is 33.5 Å². The van der Waals surface area contributed by atoms with Crippen LogP contribution in [-0.4, -0.2) is 15.8 Å². The second-order valence-electron chi connectivity index (χ2n) is 5.33. The molecule has 2 aromatic rings. The quantitative estimate of drug-likeness (QED) is 0.866. The summed E-state index contributed by atoms with van der Waals surface area (Å²) < 4.78 is 6.59. The van der Waals surface area contributed by atoms with E-state index in [1.165, 1.54) is 4.57 Å². The van der Waals surface area contributed by atoms with Crippen LogP contribution in [0, 0.1) is 5.41 Å². The first kappa shape index (κ1) is 11.9. The Labute approximate surface area is 99.5 Å². The van der Waals surface area contributed by atoms with Gasteiger partial charge in [0.15, 0.2) is 5.58 Å². The van der Waals surface area contributed by atoms with Crippen molar-refractivity contribution in [2.24, 2.45) is 5.41 Å². The Morgan fingerprint density at radius 3 is 2.65 bits per heavy atom. The molecule has 0 saturated heterocycles. The Morgan fingerprint density at radius 2 is 2.00 bits per heavy atom. The molecule has 1 heterocycles. The number of aliphatic hydroxyl groups excluding tert-OH is 1. The van der Waals surface area contributed by atoms with Gasteiger partial charge in [0.2, 0.25) is 0 Å². The molecule has 1 N–H and O–H groups in total. The number of fused-ring (bicyclic) bond motifs is 1. The highest BCUT2D eigenvalue weighted by Crippen LogP contribution is 2.21. The lowest BCUT2D eigenvalue weighted by molar-refractivity contribution is 0.0474. The highest BCUT2D eigenvalue weighted by atomic mass is 16.4. The van der Waals surface area contributed by atoms with Gasteiger partial charge in [-0.15, -0.1) is 0 Å². The molecule has 1 aromatic heterocycles. The van der Waals surface area contributed by atoms with Crippen LogP contribution in [0.1, 0.15) is 20.8 Å². The maximum absolute atomic E-state index is 11.7. The van der Waals surface area contributed by atoms with Crippen LogP contribution in [0.4, 0.5) is 0 Å². The summed E-state index contributed by atoms with van der Waals surface area (Å²) in [5.74, 6) is -0.422. The van der Waals surface area contributed by atoms with Crippen molar-refractivity contribution >= 4 is 11.1 Å². The summed E-state index contributed by atoms with van der Waals surface area (Å²) in [5, 5.41) is 10.0. The molecule has 1 unspecified atom stereocenters. The molecule has 0 aliphatic heterocycles. The summed E-state index contributed by atoms with van der Waals surface area (Å²) in [6, 6.07) is 7.22. The predicted octanol–water partition coefficient (Wildman–Crippen LogP) is 2.00. The van der Waals surface area contributed by atoms with E-state index < -0.39 is 11.9 Å². The van der Waals surface area contributed by atoms with Gasteiger partial charge in [0.1, 0.15) is 0 Å². The third kappa shape index (κ3) is 2.26. The summed E-state index contributed by atoms with van der Waals surface area (Å²) >= 11 is 0. The van der Waals surface area contributed by atoms with E-state index in [1.807, 2.05) is 39.0 Å². The van der Waals surface area contributed by atoms with Gasteiger partial charge >= 0.3 is 5.76 Å². The molecule has 0 spiro atoms. The number of benzene rings is 1. The summed E-state index contributed by atoms with van der Waals surface area (Å²) in [4.78, 5) is 11.7. The monoisotopic (exact) mass is 235 g/mol. The van der Waals surface area contributed by atoms with Gasteiger partial charge in [-0.1, -0.05) is 32.9 Å². The van der Waals surface area contributed by atoms with Gasteiger partial charge in [0.05, 0.1) is 18.2 Å². The van der Waals surface area contributed by atoms with E-state index in [4.69, 9.17) is 4.42 Å². The van der Waals surface area contributed by atoms with Crippen LogP contribution in [-0.2, 0) is 6.54 Å². The zero-order valence-electron chi connectivity index (χ0n) is 10.3. The maximum atomic E-state index is 11.7. The standard InChI is InChI=1S/C13H17NO3/c1-13(2,3)11(15)8-14-9-6-4-5-7-10(9)17-12(14)16/h4-7,11,15H,8H2,1-3H3. The smallest absolute Gasteiger partial charge is 0.408 e. The average Bonchev–Trinajstić information content (AvgIpc) is 2.54. The molecular weight excluding hydrogens is 218 g/mol. The lowest BCUT2D eigenvalue weighted by atomic mass is 9.89. The van der Waals surface area contributed by atoms with E-state index in [9.17, 15) is 9.90 Å². The fraction of sp³-hybridized carbons (Fsp3) is 0.462. The largest absolute Gasteiger partial charge is 0.420 e. The summed E-state index contributed by atoms with van der Waals surface area (Å²) in [6.45, 7) is 6.06. The van der Waals surface area contributed by atoms with Gasteiger partial charge in [0, 0.05) is 0 Å². The van der Waals surface area contributed by atoms with Crippen LogP contribution < -0.4 is 5.76 Å². The lowest BCUT2D eigenvalue weighted by Crippen LogP contribution is -2.33. The van der Waals surface area contributed by atoms with Gasteiger partial charge < -0.3 is 9.52 Å². The van der Waals surface area contributed by atoms with Crippen molar-refractivity contribution < 1.29 is 9.52 Å². The molecule has 1 aromatic carbocycles. The van der Waals surface area contributed by atoms with Crippen molar-refractivity contribution in [2.45, 2.75) is 33.4 Å². The third-order valence-corrected chi connectivity index (χ3v) is 2.93. The molecule has 0 fully saturated rings. The number of hydrogen-bond donors (Lipinski definition) is 1. The minimum atomic E-state index is -0.596. The molecule has 92 valence electrons. The molecule has 0 radical (unpaired) electrons. The van der Waals surface area contributed by atoms with E-state index in [-0.39, 0.29) is 12.0 Å². The molecule has 4 heteroatoms. The van der Waals surface area contributed by atoms with Crippen LogP contribution in [0.25, 0.3) is 11.1 Å². The number of rotatable bonds is 2. The Balaban J connectivity index is 2.43. The van der Waals surface area contributed by atoms with Crippen molar-refractivity contribution in [3.05, 3.63) is 34.8 Å². The second kappa shape index (κ2) is 4.04. The number of aromatic nitrogens is 1. The zero-order chi connectivity index (χ0) is 12.6. The minimum absolute atomic E-state index is 0.249. The maximum Gasteiger partial charge on any atom is 0.420 e. The molecule has 0 amide bonds. The van der Waals surface area contributed by atoms with E-state index in [1.54, 1.807) is 6.07 Å². The molecule has 2 rings (SSSR count). The summed E-state index contributed by atoms with van der Waals surface area (Å²) in [7, 11) is 0. The van der Waals surface area contributed by atoms with Crippen LogP contribution >= 0.6 is 0 Å². The van der Waals surface area contributed by atoms with Crippen LogP contribution in [0.5, 0.6) is 0 Å². The molecule has 4 nitrogen and oxygen atoms in total. The Kier molecular flexibility index (Phi) is 2.83. The first-order chi connectivity index (χ1) is 7.89. The highest BCUT2D eigenvalue weighted by molar-refractivity contribution is 5.72. The topological polar surface area (TPSA) is 55.4 Å². The van der Waals surface area contributed by atoms with Gasteiger partial charge in [-0.2, -0.15) is 0 Å². The first-order valence-electron chi connectivity index (χ1n) is 5.66. The molecule has 0 bridgehead atoms. The van der Waals surface area contributed by atoms with E-state index in [2.05, 4.69) is 0 Å². The van der Waals surface area contributed by atoms with E-state index in [0.29, 0.717) is 5.58 Å². The number of nitrogens with zero attached hydrogens (tertiary/aromatic N) is 1. The molecule has 0 saturated carbocycles. The van der Waals surface area contributed by atoms with Crippen LogP contribution in [0.3, 0.4) is 0 Å². The van der Waals surface area contributed by atoms with Crippen molar-refractivity contribution in [2.75, 3.05) is 0 Å². The van der Waals surface area contributed by atoms with Gasteiger partial charge in [-0.25, -0.2) is 4.79 Å². The van der Waals surface area contributed by atoms with E-state index in [0.717, 1.165) is 5.52 Å². The first-order valence-corrected chi connectivity index (χ1v) is 5.66. The van der Waals surface area contributed by atoms with Gasteiger partial charge in [0.25, 0.3) is 0 Å². The number of aliphatic hydroxyl groups is 1. The number of para-hydroxylation sites is 2. The molecule has 0 aliphatic carbocycles. The van der Waals surface area contributed by atoms with Crippen molar-refractivity contribution in [3.63, 3.8) is 0 Å². The fourth-order valence-corrected chi connectivity index (χ4v) is 1.63. The Hall–Kier alpha value is -1.55. The summed E-state index contributed by atoms with van der Waals surface area (Å²) in [5.41, 5.74) is 1.01. The Morgan fingerprint density at radius 1 is 1.35 bits per heavy atom. The Bertz CT molecular complexity index is 574. The fourth-order valence-electron chi connectivity index (χ4n) is 1.63. The van der Waals surface area contributed by atoms with Crippen molar-refractivity contribution in [1.29, 1.82) is 0 Å². The number of hydrogen-bond acceptors (Lipinski definition) is 3. The van der Waals surface area contributed by atoms with Crippen molar-refractivity contribution in [3.8, 4) is 0 Å². The molecule has 0 aliphatic rings. The summed E-state index contributed by atoms with van der Waals surface area (Å²) in [6.07, 6.45) is -0.596. The van der Waals surface area contributed by atoms with Gasteiger partial charge in [-0.3, -0.25) is 4.57 Å². The van der Waals surface area contributed by atoms with Crippen LogP contribution in [0.2, 0.25) is 0 Å². The van der Waals surface area contributed by atoms with Crippen molar-refractivity contribution in [1.82, 2.24) is 4.57 Å². The van der Waals surface area contributed by atoms with Gasteiger partial charge in [-0.05, 0) is 17.5 Å². The lowest BCUT2D eigenvalue weighted by Gasteiger charge is -2.25. The third-order valence-electron chi connectivity index (χ3n) is 2.93. The minimum Gasteiger partial charge on any atom is -0.408 e. The molecule has 17 heavy (non-hydrogen) atoms. The number of oxazole rings is 1. The SMILES string of the molecule is CC(C)(C)C(O)Cn1c(=O)oc2ccccc21. The highest BCUT2D eigenvalue weighted by Gasteiger charge is 2.24. The average molecular weight is 235 g/mol.